The highest BCUT2D eigenvalue weighted by Gasteiger charge is 2.06. The molecule has 15 heavy (non-hydrogen) atoms. The molecule has 1 rings (SSSR count). The smallest absolute Gasteiger partial charge is 0.127 e. The van der Waals surface area contributed by atoms with Gasteiger partial charge in [-0.25, -0.2) is 0 Å². The first-order chi connectivity index (χ1) is 7.15. The molecule has 1 heteroatoms. The van der Waals surface area contributed by atoms with Gasteiger partial charge in [0.2, 0.25) is 0 Å². The molecule has 0 N–H and O–H groups in total. The maximum atomic E-state index is 5.75. The summed E-state index contributed by atoms with van der Waals surface area (Å²) >= 11 is 0. The molecule has 0 aliphatic heterocycles. The molecule has 0 heterocycles. The summed E-state index contributed by atoms with van der Waals surface area (Å²) in [4.78, 5) is 0. The predicted molar refractivity (Wildman–Crippen MR) is 65.6 cm³/mol. The van der Waals surface area contributed by atoms with Crippen LogP contribution in [0.1, 0.15) is 25.0 Å². The van der Waals surface area contributed by atoms with Crippen molar-refractivity contribution in [3.63, 3.8) is 0 Å². The van der Waals surface area contributed by atoms with Crippen LogP contribution in [-0.2, 0) is 4.74 Å². The Hall–Kier alpha value is -1.50. The Kier molecular flexibility index (Phi) is 4.17. The number of hydrogen-bond acceptors (Lipinski definition) is 1. The van der Waals surface area contributed by atoms with Crippen molar-refractivity contribution in [3.8, 4) is 0 Å². The highest BCUT2D eigenvalue weighted by atomic mass is 16.5. The average Bonchev–Trinajstić information content (AvgIpc) is 2.17. The molecule has 1 aromatic rings. The summed E-state index contributed by atoms with van der Waals surface area (Å²) in [5, 5.41) is 0. The lowest BCUT2D eigenvalue weighted by Gasteiger charge is -2.15. The number of rotatable bonds is 4. The minimum atomic E-state index is 0.177. The van der Waals surface area contributed by atoms with Crippen LogP contribution in [0.25, 0.3) is 5.76 Å². The Labute approximate surface area is 92.1 Å². The second-order valence-electron chi connectivity index (χ2n) is 3.75. The topological polar surface area (TPSA) is 9.23 Å². The SMILES string of the molecule is C=C/C=C(/OC(C)C)c1ccccc1C. The molecule has 0 aromatic heterocycles. The van der Waals surface area contributed by atoms with E-state index in [1.807, 2.05) is 32.1 Å². The monoisotopic (exact) mass is 202 g/mol. The largest absolute Gasteiger partial charge is 0.490 e. The molecular weight excluding hydrogens is 184 g/mol. The Balaban J connectivity index is 3.05. The van der Waals surface area contributed by atoms with Gasteiger partial charge in [0.25, 0.3) is 0 Å². The van der Waals surface area contributed by atoms with Crippen molar-refractivity contribution < 1.29 is 4.74 Å². The molecular formula is C14H18O. The Bertz CT molecular complexity index is 361. The van der Waals surface area contributed by atoms with Crippen LogP contribution < -0.4 is 0 Å². The molecule has 0 saturated heterocycles. The van der Waals surface area contributed by atoms with E-state index < -0.39 is 0 Å². The zero-order valence-electron chi connectivity index (χ0n) is 9.66. The first kappa shape index (κ1) is 11.6. The normalized spacial score (nSPS) is 11.6. The third kappa shape index (κ3) is 3.28. The summed E-state index contributed by atoms with van der Waals surface area (Å²) in [6, 6.07) is 8.19. The standard InChI is InChI=1S/C14H18O/c1-5-8-14(15-11(2)3)13-10-7-6-9-12(13)4/h5-11H,1H2,2-4H3/b14-8+. The molecule has 0 saturated carbocycles. The third-order valence-corrected chi connectivity index (χ3v) is 2.04. The van der Waals surface area contributed by atoms with Crippen molar-refractivity contribution in [1.82, 2.24) is 0 Å². The quantitative estimate of drug-likeness (QED) is 0.530. The highest BCUT2D eigenvalue weighted by molar-refractivity contribution is 5.64. The number of hydrogen-bond donors (Lipinski definition) is 0. The first-order valence-electron chi connectivity index (χ1n) is 5.20. The van der Waals surface area contributed by atoms with Gasteiger partial charge >= 0.3 is 0 Å². The lowest BCUT2D eigenvalue weighted by molar-refractivity contribution is 0.204. The van der Waals surface area contributed by atoms with E-state index in [9.17, 15) is 0 Å². The lowest BCUT2D eigenvalue weighted by atomic mass is 10.1. The Morgan fingerprint density at radius 3 is 2.53 bits per heavy atom. The van der Waals surface area contributed by atoms with Crippen molar-refractivity contribution >= 4 is 5.76 Å². The number of benzene rings is 1. The van der Waals surface area contributed by atoms with Crippen LogP contribution in [0.4, 0.5) is 0 Å². The van der Waals surface area contributed by atoms with Crippen molar-refractivity contribution in [3.05, 3.63) is 54.1 Å². The molecule has 1 nitrogen and oxygen atoms in total. The van der Waals surface area contributed by atoms with E-state index in [0.29, 0.717) is 0 Å². The summed E-state index contributed by atoms with van der Waals surface area (Å²) in [5.41, 5.74) is 2.34. The molecule has 0 fully saturated rings. The third-order valence-electron chi connectivity index (χ3n) is 2.04. The zero-order valence-corrected chi connectivity index (χ0v) is 9.66. The molecule has 1 aromatic carbocycles. The van der Waals surface area contributed by atoms with Gasteiger partial charge in [-0.1, -0.05) is 36.9 Å². The highest BCUT2D eigenvalue weighted by Crippen LogP contribution is 2.21. The van der Waals surface area contributed by atoms with Crippen molar-refractivity contribution in [2.24, 2.45) is 0 Å². The number of allylic oxidation sites excluding steroid dienone is 2. The van der Waals surface area contributed by atoms with Gasteiger partial charge in [0, 0.05) is 5.56 Å². The van der Waals surface area contributed by atoms with Gasteiger partial charge in [-0.2, -0.15) is 0 Å². The lowest BCUT2D eigenvalue weighted by Crippen LogP contribution is -2.02. The van der Waals surface area contributed by atoms with Crippen LogP contribution in [0.2, 0.25) is 0 Å². The predicted octanol–water partition coefficient (Wildman–Crippen LogP) is 3.95. The molecule has 0 amide bonds. The van der Waals surface area contributed by atoms with Gasteiger partial charge in [0.1, 0.15) is 5.76 Å². The molecule has 0 aliphatic rings. The van der Waals surface area contributed by atoms with Crippen LogP contribution in [0.15, 0.2) is 43.0 Å². The molecule has 0 unspecified atom stereocenters. The van der Waals surface area contributed by atoms with E-state index in [1.54, 1.807) is 6.08 Å². The maximum absolute atomic E-state index is 5.75. The molecule has 80 valence electrons. The maximum Gasteiger partial charge on any atom is 0.127 e. The van der Waals surface area contributed by atoms with Gasteiger partial charge in [-0.05, 0) is 32.4 Å². The zero-order chi connectivity index (χ0) is 11.3. The van der Waals surface area contributed by atoms with Crippen LogP contribution in [-0.4, -0.2) is 6.10 Å². The summed E-state index contributed by atoms with van der Waals surface area (Å²) in [6.45, 7) is 9.83. The van der Waals surface area contributed by atoms with E-state index >= 15 is 0 Å². The fourth-order valence-electron chi connectivity index (χ4n) is 1.40. The number of aryl methyl sites for hydroxylation is 1. The molecule has 0 aliphatic carbocycles. The van der Waals surface area contributed by atoms with Crippen molar-refractivity contribution in [1.29, 1.82) is 0 Å². The average molecular weight is 202 g/mol. The second-order valence-corrected chi connectivity index (χ2v) is 3.75. The van der Waals surface area contributed by atoms with Crippen LogP contribution in [0, 0.1) is 6.92 Å². The molecule has 0 spiro atoms. The summed E-state index contributed by atoms with van der Waals surface area (Å²) < 4.78 is 5.75. The van der Waals surface area contributed by atoms with Gasteiger partial charge in [-0.3, -0.25) is 0 Å². The van der Waals surface area contributed by atoms with Gasteiger partial charge in [-0.15, -0.1) is 0 Å². The van der Waals surface area contributed by atoms with E-state index in [4.69, 9.17) is 4.74 Å². The molecule has 0 radical (unpaired) electrons. The van der Waals surface area contributed by atoms with Gasteiger partial charge in [0.15, 0.2) is 0 Å². The van der Waals surface area contributed by atoms with E-state index in [2.05, 4.69) is 25.6 Å². The number of ether oxygens (including phenoxy) is 1. The van der Waals surface area contributed by atoms with Crippen molar-refractivity contribution in [2.75, 3.05) is 0 Å². The first-order valence-corrected chi connectivity index (χ1v) is 5.20. The van der Waals surface area contributed by atoms with Crippen LogP contribution in [0.5, 0.6) is 0 Å². The molecule has 0 atom stereocenters. The fourth-order valence-corrected chi connectivity index (χ4v) is 1.40. The van der Waals surface area contributed by atoms with Crippen LogP contribution in [0.3, 0.4) is 0 Å². The second kappa shape index (κ2) is 5.40. The summed E-state index contributed by atoms with van der Waals surface area (Å²) in [7, 11) is 0. The Morgan fingerprint density at radius 1 is 1.33 bits per heavy atom. The summed E-state index contributed by atoms with van der Waals surface area (Å²) in [5.74, 6) is 0.887. The Morgan fingerprint density at radius 2 is 2.00 bits per heavy atom. The minimum Gasteiger partial charge on any atom is -0.490 e. The molecule has 0 bridgehead atoms. The van der Waals surface area contributed by atoms with Crippen LogP contribution >= 0.6 is 0 Å². The van der Waals surface area contributed by atoms with Crippen molar-refractivity contribution in [2.45, 2.75) is 26.9 Å². The van der Waals surface area contributed by atoms with Gasteiger partial charge < -0.3 is 4.74 Å². The van der Waals surface area contributed by atoms with E-state index in [0.717, 1.165) is 11.3 Å². The minimum absolute atomic E-state index is 0.177. The summed E-state index contributed by atoms with van der Waals surface area (Å²) in [6.07, 6.45) is 3.84. The fraction of sp³-hybridized carbons (Fsp3) is 0.286. The van der Waals surface area contributed by atoms with Gasteiger partial charge in [0.05, 0.1) is 6.10 Å². The van der Waals surface area contributed by atoms with E-state index in [-0.39, 0.29) is 6.10 Å². The van der Waals surface area contributed by atoms with E-state index in [1.165, 1.54) is 5.56 Å².